The molecule has 0 spiro atoms. The van der Waals surface area contributed by atoms with Crippen LogP contribution in [0, 0.1) is 5.41 Å². The Morgan fingerprint density at radius 2 is 1.50 bits per heavy atom. The Morgan fingerprint density at radius 1 is 0.893 bits per heavy atom. The number of carbonyl (C=O) groups excluding carboxylic acids is 1. The quantitative estimate of drug-likeness (QED) is 0.457. The Hall–Kier alpha value is -2.95. The van der Waals surface area contributed by atoms with Gasteiger partial charge in [0.15, 0.2) is 0 Å². The van der Waals surface area contributed by atoms with Gasteiger partial charge in [0, 0.05) is 6.07 Å². The number of methoxy groups -OCH3 is 2. The van der Waals surface area contributed by atoms with E-state index in [1.165, 1.54) is 0 Å². The number of hydrogen-bond acceptors (Lipinski definition) is 5. The zero-order valence-electron chi connectivity index (χ0n) is 17.2. The Balaban J connectivity index is 2.14. The normalized spacial score (nSPS) is 11.3. The first-order valence-corrected chi connectivity index (χ1v) is 9.19. The molecule has 0 saturated carbocycles. The van der Waals surface area contributed by atoms with E-state index in [0.717, 1.165) is 16.9 Å². The SMILES string of the molecule is CCOC(=O)C(C)(C)COc1cc(/C=C/c2ccc(OC)cc2)cc(OC)c1. The number of carbonyl (C=O) groups is 1. The van der Waals surface area contributed by atoms with Crippen LogP contribution >= 0.6 is 0 Å². The van der Waals surface area contributed by atoms with Crippen LogP contribution in [0.4, 0.5) is 0 Å². The smallest absolute Gasteiger partial charge is 0.314 e. The van der Waals surface area contributed by atoms with E-state index in [1.54, 1.807) is 41.1 Å². The second kappa shape index (κ2) is 9.83. The average Bonchev–Trinajstić information content (AvgIpc) is 2.71. The zero-order chi connectivity index (χ0) is 20.6. The van der Waals surface area contributed by atoms with E-state index < -0.39 is 5.41 Å². The minimum atomic E-state index is -0.738. The molecule has 0 atom stereocenters. The van der Waals surface area contributed by atoms with E-state index in [-0.39, 0.29) is 12.6 Å². The van der Waals surface area contributed by atoms with Crippen molar-refractivity contribution in [2.45, 2.75) is 20.8 Å². The predicted molar refractivity (Wildman–Crippen MR) is 111 cm³/mol. The Kier molecular flexibility index (Phi) is 7.50. The summed E-state index contributed by atoms with van der Waals surface area (Å²) in [5.74, 6) is 1.85. The summed E-state index contributed by atoms with van der Waals surface area (Å²) in [7, 11) is 3.25. The van der Waals surface area contributed by atoms with Crippen LogP contribution in [-0.4, -0.2) is 33.4 Å². The molecular weight excluding hydrogens is 356 g/mol. The molecule has 0 aliphatic rings. The van der Waals surface area contributed by atoms with E-state index in [4.69, 9.17) is 18.9 Å². The maximum Gasteiger partial charge on any atom is 0.314 e. The van der Waals surface area contributed by atoms with Crippen molar-refractivity contribution >= 4 is 18.1 Å². The molecule has 150 valence electrons. The third-order valence-corrected chi connectivity index (χ3v) is 4.15. The van der Waals surface area contributed by atoms with Crippen LogP contribution in [0.1, 0.15) is 31.9 Å². The molecule has 0 aliphatic carbocycles. The Bertz CT molecular complexity index is 806. The van der Waals surface area contributed by atoms with Crippen LogP contribution < -0.4 is 14.2 Å². The fourth-order valence-corrected chi connectivity index (χ4v) is 2.45. The van der Waals surface area contributed by atoms with E-state index in [9.17, 15) is 4.79 Å². The molecule has 0 bridgehead atoms. The van der Waals surface area contributed by atoms with E-state index in [0.29, 0.717) is 18.1 Å². The van der Waals surface area contributed by atoms with Gasteiger partial charge in [-0.15, -0.1) is 0 Å². The molecule has 0 radical (unpaired) electrons. The standard InChI is InChI=1S/C23H28O5/c1-6-27-22(24)23(2,3)16-28-21-14-18(13-20(15-21)26-5)8-7-17-9-11-19(25-4)12-10-17/h7-15H,6,16H2,1-5H3/b8-7+. The fourth-order valence-electron chi connectivity index (χ4n) is 2.45. The van der Waals surface area contributed by atoms with Gasteiger partial charge in [0.25, 0.3) is 0 Å². The van der Waals surface area contributed by atoms with Crippen molar-refractivity contribution in [3.05, 3.63) is 53.6 Å². The van der Waals surface area contributed by atoms with Crippen molar-refractivity contribution in [1.82, 2.24) is 0 Å². The second-order valence-corrected chi connectivity index (χ2v) is 6.94. The Morgan fingerprint density at radius 3 is 2.11 bits per heavy atom. The van der Waals surface area contributed by atoms with Crippen molar-refractivity contribution < 1.29 is 23.7 Å². The molecule has 28 heavy (non-hydrogen) atoms. The highest BCUT2D eigenvalue weighted by Gasteiger charge is 2.30. The summed E-state index contributed by atoms with van der Waals surface area (Å²) in [6, 6.07) is 13.4. The number of ether oxygens (including phenoxy) is 4. The lowest BCUT2D eigenvalue weighted by Gasteiger charge is -2.22. The Labute approximate surface area is 166 Å². The highest BCUT2D eigenvalue weighted by Crippen LogP contribution is 2.27. The third-order valence-electron chi connectivity index (χ3n) is 4.15. The van der Waals surface area contributed by atoms with Gasteiger partial charge in [-0.1, -0.05) is 24.3 Å². The van der Waals surface area contributed by atoms with Crippen molar-refractivity contribution in [2.24, 2.45) is 5.41 Å². The van der Waals surface area contributed by atoms with Gasteiger partial charge in [0.2, 0.25) is 0 Å². The number of rotatable bonds is 9. The molecule has 2 aromatic rings. The number of benzene rings is 2. The molecule has 0 aliphatic heterocycles. The zero-order valence-corrected chi connectivity index (χ0v) is 17.2. The highest BCUT2D eigenvalue weighted by molar-refractivity contribution is 5.76. The summed E-state index contributed by atoms with van der Waals surface area (Å²) in [5, 5.41) is 0. The molecule has 0 saturated heterocycles. The van der Waals surface area contributed by atoms with Gasteiger partial charge in [-0.05, 0) is 56.2 Å². The molecule has 5 heteroatoms. The first-order valence-electron chi connectivity index (χ1n) is 9.19. The first-order chi connectivity index (χ1) is 13.4. The summed E-state index contributed by atoms with van der Waals surface area (Å²) in [6.07, 6.45) is 3.98. The fraction of sp³-hybridized carbons (Fsp3) is 0.348. The van der Waals surface area contributed by atoms with Crippen molar-refractivity contribution in [3.8, 4) is 17.2 Å². The van der Waals surface area contributed by atoms with Gasteiger partial charge in [-0.2, -0.15) is 0 Å². The van der Waals surface area contributed by atoms with Gasteiger partial charge in [-0.25, -0.2) is 0 Å². The summed E-state index contributed by atoms with van der Waals surface area (Å²) < 4.78 is 21.5. The van der Waals surface area contributed by atoms with Gasteiger partial charge in [-0.3, -0.25) is 4.79 Å². The van der Waals surface area contributed by atoms with Crippen LogP contribution in [-0.2, 0) is 9.53 Å². The molecule has 0 aromatic heterocycles. The van der Waals surface area contributed by atoms with Crippen molar-refractivity contribution in [3.63, 3.8) is 0 Å². The summed E-state index contributed by atoms with van der Waals surface area (Å²) >= 11 is 0. The molecule has 2 aromatic carbocycles. The summed E-state index contributed by atoms with van der Waals surface area (Å²) in [6.45, 7) is 5.95. The third kappa shape index (κ3) is 6.05. The maximum atomic E-state index is 12.0. The average molecular weight is 384 g/mol. The van der Waals surface area contributed by atoms with Crippen LogP contribution in [0.3, 0.4) is 0 Å². The maximum absolute atomic E-state index is 12.0. The number of hydrogen-bond donors (Lipinski definition) is 0. The minimum Gasteiger partial charge on any atom is -0.497 e. The molecule has 0 fully saturated rings. The monoisotopic (exact) mass is 384 g/mol. The first kappa shape index (κ1) is 21.4. The largest absolute Gasteiger partial charge is 0.497 e. The number of esters is 1. The van der Waals surface area contributed by atoms with Gasteiger partial charge in [0.1, 0.15) is 23.9 Å². The molecule has 2 rings (SSSR count). The topological polar surface area (TPSA) is 54.0 Å². The minimum absolute atomic E-state index is 0.209. The van der Waals surface area contributed by atoms with Crippen LogP contribution in [0.15, 0.2) is 42.5 Å². The van der Waals surface area contributed by atoms with Gasteiger partial charge in [0.05, 0.1) is 26.2 Å². The van der Waals surface area contributed by atoms with Crippen LogP contribution in [0.5, 0.6) is 17.2 Å². The van der Waals surface area contributed by atoms with Gasteiger partial charge < -0.3 is 18.9 Å². The second-order valence-electron chi connectivity index (χ2n) is 6.94. The van der Waals surface area contributed by atoms with E-state index in [2.05, 4.69) is 0 Å². The molecular formula is C23H28O5. The highest BCUT2D eigenvalue weighted by atomic mass is 16.5. The lowest BCUT2D eigenvalue weighted by molar-refractivity contribution is -0.155. The van der Waals surface area contributed by atoms with E-state index in [1.807, 2.05) is 48.6 Å². The molecule has 0 heterocycles. The molecule has 0 amide bonds. The van der Waals surface area contributed by atoms with Crippen LogP contribution in [0.2, 0.25) is 0 Å². The van der Waals surface area contributed by atoms with Crippen molar-refractivity contribution in [1.29, 1.82) is 0 Å². The van der Waals surface area contributed by atoms with E-state index >= 15 is 0 Å². The van der Waals surface area contributed by atoms with Crippen molar-refractivity contribution in [2.75, 3.05) is 27.4 Å². The lowest BCUT2D eigenvalue weighted by atomic mass is 9.95. The predicted octanol–water partition coefficient (Wildman–Crippen LogP) is 4.84. The van der Waals surface area contributed by atoms with Gasteiger partial charge >= 0.3 is 5.97 Å². The summed E-state index contributed by atoms with van der Waals surface area (Å²) in [4.78, 5) is 12.0. The van der Waals surface area contributed by atoms with Crippen LogP contribution in [0.25, 0.3) is 12.2 Å². The molecule has 0 unspecified atom stereocenters. The summed E-state index contributed by atoms with van der Waals surface area (Å²) in [5.41, 5.74) is 1.24. The molecule has 5 nitrogen and oxygen atoms in total. The molecule has 0 N–H and O–H groups in total. The lowest BCUT2D eigenvalue weighted by Crippen LogP contribution is -2.32.